The molecule has 1 aliphatic heterocycles. The fourth-order valence-corrected chi connectivity index (χ4v) is 2.49. The van der Waals surface area contributed by atoms with Crippen LogP contribution in [0.1, 0.15) is 18.9 Å². The number of rotatable bonds is 4. The zero-order valence-corrected chi connectivity index (χ0v) is 10.3. The molecule has 1 aliphatic rings. The third-order valence-corrected chi connectivity index (χ3v) is 3.14. The average Bonchev–Trinajstić information content (AvgIpc) is 2.30. The Morgan fingerprint density at radius 1 is 1.53 bits per heavy atom. The van der Waals surface area contributed by atoms with Crippen molar-refractivity contribution in [1.29, 1.82) is 0 Å². The first-order chi connectivity index (χ1) is 8.28. The van der Waals surface area contributed by atoms with Gasteiger partial charge >= 0.3 is 0 Å². The second-order valence-corrected chi connectivity index (χ2v) is 4.83. The van der Waals surface area contributed by atoms with Gasteiger partial charge in [-0.2, -0.15) is 0 Å². The van der Waals surface area contributed by atoms with E-state index in [4.69, 9.17) is 5.11 Å². The molecule has 1 aromatic heterocycles. The molecule has 94 valence electrons. The molecular formula is C13H21N3O. The number of aliphatic hydroxyl groups is 1. The summed E-state index contributed by atoms with van der Waals surface area (Å²) in [7, 11) is 0. The number of aromatic nitrogens is 1. The van der Waals surface area contributed by atoms with Gasteiger partial charge in [0.1, 0.15) is 0 Å². The third-order valence-electron chi connectivity index (χ3n) is 3.14. The lowest BCUT2D eigenvalue weighted by molar-refractivity contribution is 0.140. The number of hydrogen-bond donors (Lipinski definition) is 2. The van der Waals surface area contributed by atoms with Crippen LogP contribution in [0.5, 0.6) is 0 Å². The van der Waals surface area contributed by atoms with Crippen LogP contribution < -0.4 is 5.32 Å². The monoisotopic (exact) mass is 235 g/mol. The van der Waals surface area contributed by atoms with Crippen LogP contribution in [0.4, 0.5) is 0 Å². The van der Waals surface area contributed by atoms with Crippen molar-refractivity contribution in [2.45, 2.75) is 32.0 Å². The largest absolute Gasteiger partial charge is 0.396 e. The van der Waals surface area contributed by atoms with Gasteiger partial charge in [0, 0.05) is 50.7 Å². The summed E-state index contributed by atoms with van der Waals surface area (Å²) < 4.78 is 0. The summed E-state index contributed by atoms with van der Waals surface area (Å²) in [6.07, 6.45) is 4.56. The number of aliphatic hydroxyl groups excluding tert-OH is 1. The van der Waals surface area contributed by atoms with E-state index >= 15 is 0 Å². The third kappa shape index (κ3) is 3.77. The van der Waals surface area contributed by atoms with Crippen molar-refractivity contribution in [3.8, 4) is 0 Å². The molecule has 0 spiro atoms. The Balaban J connectivity index is 1.92. The van der Waals surface area contributed by atoms with Crippen LogP contribution in [-0.2, 0) is 6.54 Å². The maximum Gasteiger partial charge on any atom is 0.0446 e. The number of piperazine rings is 1. The van der Waals surface area contributed by atoms with Crippen molar-refractivity contribution in [3.05, 3.63) is 30.1 Å². The van der Waals surface area contributed by atoms with Crippen molar-refractivity contribution in [2.75, 3.05) is 19.7 Å². The zero-order chi connectivity index (χ0) is 12.1. The highest BCUT2D eigenvalue weighted by molar-refractivity contribution is 5.08. The van der Waals surface area contributed by atoms with Gasteiger partial charge in [-0.15, -0.1) is 0 Å². The van der Waals surface area contributed by atoms with Gasteiger partial charge in [-0.25, -0.2) is 0 Å². The molecule has 0 amide bonds. The van der Waals surface area contributed by atoms with Crippen molar-refractivity contribution >= 4 is 0 Å². The van der Waals surface area contributed by atoms with Gasteiger partial charge in [-0.3, -0.25) is 9.88 Å². The van der Waals surface area contributed by atoms with E-state index in [-0.39, 0.29) is 6.61 Å². The van der Waals surface area contributed by atoms with Crippen molar-refractivity contribution in [3.63, 3.8) is 0 Å². The Morgan fingerprint density at radius 2 is 2.41 bits per heavy atom. The second-order valence-electron chi connectivity index (χ2n) is 4.83. The Hall–Kier alpha value is -0.970. The highest BCUT2D eigenvalue weighted by Gasteiger charge is 2.23. The van der Waals surface area contributed by atoms with Crippen molar-refractivity contribution < 1.29 is 5.11 Å². The number of pyridine rings is 1. The summed E-state index contributed by atoms with van der Waals surface area (Å²) >= 11 is 0. The predicted molar refractivity (Wildman–Crippen MR) is 67.6 cm³/mol. The van der Waals surface area contributed by atoms with E-state index in [1.807, 2.05) is 12.3 Å². The number of hydrogen-bond acceptors (Lipinski definition) is 4. The van der Waals surface area contributed by atoms with E-state index in [0.29, 0.717) is 12.1 Å². The fraction of sp³-hybridized carbons (Fsp3) is 0.615. The minimum atomic E-state index is 0.255. The maximum absolute atomic E-state index is 9.01. The molecule has 0 bridgehead atoms. The van der Waals surface area contributed by atoms with Crippen molar-refractivity contribution in [2.24, 2.45) is 0 Å². The van der Waals surface area contributed by atoms with E-state index < -0.39 is 0 Å². The highest BCUT2D eigenvalue weighted by Crippen LogP contribution is 2.10. The molecule has 1 fully saturated rings. The van der Waals surface area contributed by atoms with Gasteiger partial charge in [0.05, 0.1) is 0 Å². The summed E-state index contributed by atoms with van der Waals surface area (Å²) in [4.78, 5) is 6.57. The van der Waals surface area contributed by atoms with Crippen LogP contribution in [0.2, 0.25) is 0 Å². The van der Waals surface area contributed by atoms with Crippen LogP contribution in [0.3, 0.4) is 0 Å². The molecule has 2 rings (SSSR count). The first kappa shape index (κ1) is 12.5. The molecule has 2 N–H and O–H groups in total. The molecule has 0 aromatic carbocycles. The van der Waals surface area contributed by atoms with Crippen LogP contribution in [-0.4, -0.2) is 46.8 Å². The maximum atomic E-state index is 9.01. The zero-order valence-electron chi connectivity index (χ0n) is 10.3. The van der Waals surface area contributed by atoms with E-state index in [0.717, 1.165) is 26.1 Å². The van der Waals surface area contributed by atoms with E-state index in [1.165, 1.54) is 5.56 Å². The quantitative estimate of drug-likeness (QED) is 0.803. The summed E-state index contributed by atoms with van der Waals surface area (Å²) in [5.41, 5.74) is 1.25. The molecule has 1 saturated heterocycles. The molecule has 0 aliphatic carbocycles. The normalized spacial score (nSPS) is 26.0. The number of nitrogens with one attached hydrogen (secondary N) is 1. The second kappa shape index (κ2) is 6.10. The topological polar surface area (TPSA) is 48.4 Å². The summed E-state index contributed by atoms with van der Waals surface area (Å²) in [5, 5.41) is 12.5. The first-order valence-corrected chi connectivity index (χ1v) is 6.26. The predicted octanol–water partition coefficient (Wildman–Crippen LogP) is 0.626. The summed E-state index contributed by atoms with van der Waals surface area (Å²) in [5.74, 6) is 0. The lowest BCUT2D eigenvalue weighted by Gasteiger charge is -2.37. The molecule has 17 heavy (non-hydrogen) atoms. The highest BCUT2D eigenvalue weighted by atomic mass is 16.3. The lowest BCUT2D eigenvalue weighted by atomic mass is 10.1. The van der Waals surface area contributed by atoms with Crippen molar-refractivity contribution in [1.82, 2.24) is 15.2 Å². The van der Waals surface area contributed by atoms with E-state index in [1.54, 1.807) is 6.20 Å². The molecule has 0 radical (unpaired) electrons. The first-order valence-electron chi connectivity index (χ1n) is 6.26. The van der Waals surface area contributed by atoms with Gasteiger partial charge in [-0.05, 0) is 25.0 Å². The summed E-state index contributed by atoms with van der Waals surface area (Å²) in [6.45, 7) is 5.45. The van der Waals surface area contributed by atoms with E-state index in [2.05, 4.69) is 28.2 Å². The molecule has 0 saturated carbocycles. The minimum absolute atomic E-state index is 0.255. The number of nitrogens with zero attached hydrogens (tertiary/aromatic N) is 2. The molecule has 4 nitrogen and oxygen atoms in total. The van der Waals surface area contributed by atoms with Gasteiger partial charge in [0.25, 0.3) is 0 Å². The van der Waals surface area contributed by atoms with Gasteiger partial charge in [-0.1, -0.05) is 6.07 Å². The summed E-state index contributed by atoms with van der Waals surface area (Å²) in [6, 6.07) is 4.98. The Kier molecular flexibility index (Phi) is 4.48. The molecule has 2 unspecified atom stereocenters. The molecular weight excluding hydrogens is 214 g/mol. The standard InChI is InChI=1S/C13H21N3O/c1-11-8-16(10-13(15-11)4-6-17)9-12-3-2-5-14-7-12/h2-3,5,7,11,13,15,17H,4,6,8-10H2,1H3. The van der Waals surface area contributed by atoms with Crippen LogP contribution in [0, 0.1) is 0 Å². The molecule has 4 heteroatoms. The molecule has 2 atom stereocenters. The van der Waals surface area contributed by atoms with Crippen LogP contribution in [0.15, 0.2) is 24.5 Å². The Bertz CT molecular complexity index is 331. The van der Waals surface area contributed by atoms with Crippen LogP contribution >= 0.6 is 0 Å². The Labute approximate surface area is 103 Å². The molecule has 2 heterocycles. The van der Waals surface area contributed by atoms with Crippen LogP contribution in [0.25, 0.3) is 0 Å². The van der Waals surface area contributed by atoms with Gasteiger partial charge in [0.2, 0.25) is 0 Å². The van der Waals surface area contributed by atoms with Gasteiger partial charge < -0.3 is 10.4 Å². The fourth-order valence-electron chi connectivity index (χ4n) is 2.49. The smallest absolute Gasteiger partial charge is 0.0446 e. The SMILES string of the molecule is CC1CN(Cc2cccnc2)CC(CCO)N1. The van der Waals surface area contributed by atoms with Gasteiger partial charge in [0.15, 0.2) is 0 Å². The lowest BCUT2D eigenvalue weighted by Crippen LogP contribution is -2.55. The van der Waals surface area contributed by atoms with E-state index in [9.17, 15) is 0 Å². The average molecular weight is 235 g/mol. The molecule has 1 aromatic rings. The Morgan fingerprint density at radius 3 is 3.12 bits per heavy atom. The minimum Gasteiger partial charge on any atom is -0.396 e.